The molecule has 9 heteroatoms. The molecule has 2 N–H and O–H groups in total. The number of hydrogen-bond donors (Lipinski definition) is 1. The van der Waals surface area contributed by atoms with Crippen molar-refractivity contribution in [3.8, 4) is 0 Å². The maximum Gasteiger partial charge on any atom is 0.410 e. The van der Waals surface area contributed by atoms with Gasteiger partial charge in [-0.2, -0.15) is 0 Å². The fourth-order valence-corrected chi connectivity index (χ4v) is 3.79. The second-order valence-corrected chi connectivity index (χ2v) is 8.98. The van der Waals surface area contributed by atoms with Crippen molar-refractivity contribution < 1.29 is 19.2 Å². The molecule has 1 fully saturated rings. The molecule has 2 aromatic carbocycles. The van der Waals surface area contributed by atoms with Crippen molar-refractivity contribution in [1.82, 2.24) is 4.90 Å². The average Bonchev–Trinajstić information content (AvgIpc) is 2.76. The molecule has 0 radical (unpaired) electrons. The number of primary amides is 1. The molecule has 1 unspecified atom stereocenters. The maximum absolute atomic E-state index is 12.4. The van der Waals surface area contributed by atoms with Crippen molar-refractivity contribution >= 4 is 29.6 Å². The van der Waals surface area contributed by atoms with E-state index in [1.54, 1.807) is 4.90 Å². The maximum atomic E-state index is 12.4. The molecule has 1 aliphatic heterocycles. The molecule has 1 atom stereocenters. The molecule has 9 nitrogen and oxygen atoms in total. The van der Waals surface area contributed by atoms with Gasteiger partial charge in [-0.1, -0.05) is 18.2 Å². The third kappa shape index (κ3) is 6.15. The van der Waals surface area contributed by atoms with E-state index < -0.39 is 16.4 Å². The van der Waals surface area contributed by atoms with Crippen LogP contribution in [0.4, 0.5) is 16.2 Å². The lowest BCUT2D eigenvalue weighted by Crippen LogP contribution is -2.42. The van der Waals surface area contributed by atoms with Gasteiger partial charge in [-0.25, -0.2) is 4.79 Å². The standard InChI is InChI=1S/C24H28N4O5/c1-24(2,3)33-23(30)27-13-5-7-18(15-27)16-9-11-19(12-10-16)26-14-17-6-4-8-20(22(25)29)21(17)28(31)32/h4,6,8-12,14,18H,5,7,13,15H2,1-3H3,(H2,25,29)/b26-14+. The Morgan fingerprint density at radius 3 is 2.52 bits per heavy atom. The van der Waals surface area contributed by atoms with Gasteiger partial charge in [-0.3, -0.25) is 19.9 Å². The number of para-hydroxylation sites is 1. The van der Waals surface area contributed by atoms with Crippen LogP contribution in [0.15, 0.2) is 47.5 Å². The lowest BCUT2D eigenvalue weighted by atomic mass is 9.91. The third-order valence-corrected chi connectivity index (χ3v) is 5.31. The summed E-state index contributed by atoms with van der Waals surface area (Å²) in [6.45, 7) is 6.82. The first-order valence-corrected chi connectivity index (χ1v) is 10.7. The molecular weight excluding hydrogens is 424 g/mol. The molecular formula is C24H28N4O5. The van der Waals surface area contributed by atoms with E-state index in [9.17, 15) is 19.7 Å². The SMILES string of the molecule is CC(C)(C)OC(=O)N1CCCC(c2ccc(/N=C/c3cccc(C(N)=O)c3[N+](=O)[O-])cc2)C1. The van der Waals surface area contributed by atoms with E-state index in [0.717, 1.165) is 18.4 Å². The van der Waals surface area contributed by atoms with E-state index in [-0.39, 0.29) is 28.8 Å². The number of benzene rings is 2. The zero-order chi connectivity index (χ0) is 24.2. The van der Waals surface area contributed by atoms with Crippen molar-refractivity contribution in [1.29, 1.82) is 0 Å². The summed E-state index contributed by atoms with van der Waals surface area (Å²) in [7, 11) is 0. The quantitative estimate of drug-likeness (QED) is 0.404. The number of rotatable bonds is 5. The van der Waals surface area contributed by atoms with Gasteiger partial charge in [0.2, 0.25) is 0 Å². The van der Waals surface area contributed by atoms with Gasteiger partial charge in [-0.15, -0.1) is 0 Å². The minimum atomic E-state index is -0.866. The third-order valence-electron chi connectivity index (χ3n) is 5.31. The van der Waals surface area contributed by atoms with Crippen LogP contribution in [0, 0.1) is 10.1 Å². The van der Waals surface area contributed by atoms with Crippen molar-refractivity contribution in [3.05, 3.63) is 69.3 Å². The van der Waals surface area contributed by atoms with E-state index in [2.05, 4.69) is 4.99 Å². The van der Waals surface area contributed by atoms with Crippen molar-refractivity contribution in [2.75, 3.05) is 13.1 Å². The van der Waals surface area contributed by atoms with Crippen molar-refractivity contribution in [2.24, 2.45) is 10.7 Å². The monoisotopic (exact) mass is 452 g/mol. The first kappa shape index (κ1) is 23.9. The lowest BCUT2D eigenvalue weighted by Gasteiger charge is -2.34. The summed E-state index contributed by atoms with van der Waals surface area (Å²) in [5.41, 5.74) is 6.09. The number of nitrogens with zero attached hydrogens (tertiary/aromatic N) is 3. The van der Waals surface area contributed by atoms with Crippen LogP contribution in [0.2, 0.25) is 0 Å². The van der Waals surface area contributed by atoms with Crippen LogP contribution < -0.4 is 5.73 Å². The number of piperidine rings is 1. The summed E-state index contributed by atoms with van der Waals surface area (Å²) < 4.78 is 5.50. The van der Waals surface area contributed by atoms with Gasteiger partial charge in [0, 0.05) is 25.2 Å². The minimum absolute atomic E-state index is 0.161. The number of carbonyl (C=O) groups is 2. The molecule has 0 spiro atoms. The second-order valence-electron chi connectivity index (χ2n) is 8.98. The molecule has 33 heavy (non-hydrogen) atoms. The van der Waals surface area contributed by atoms with Gasteiger partial charge in [-0.05, 0) is 63.4 Å². The number of ether oxygens (including phenoxy) is 1. The Morgan fingerprint density at radius 2 is 1.91 bits per heavy atom. The summed E-state index contributed by atoms with van der Waals surface area (Å²) in [6.07, 6.45) is 2.91. The highest BCUT2D eigenvalue weighted by Crippen LogP contribution is 2.29. The predicted octanol–water partition coefficient (Wildman–Crippen LogP) is 4.56. The number of aliphatic imine (C=N–C) groups is 1. The number of hydrogen-bond acceptors (Lipinski definition) is 6. The molecule has 2 aromatic rings. The van der Waals surface area contributed by atoms with Gasteiger partial charge < -0.3 is 15.4 Å². The number of carbonyl (C=O) groups excluding carboxylic acids is 2. The Hall–Kier alpha value is -3.75. The normalized spacial score (nSPS) is 16.6. The van der Waals surface area contributed by atoms with Gasteiger partial charge in [0.25, 0.3) is 11.6 Å². The van der Waals surface area contributed by atoms with Gasteiger partial charge in [0.15, 0.2) is 0 Å². The molecule has 1 aliphatic rings. The highest BCUT2D eigenvalue weighted by molar-refractivity contribution is 6.01. The molecule has 1 heterocycles. The van der Waals surface area contributed by atoms with Gasteiger partial charge >= 0.3 is 6.09 Å². The highest BCUT2D eigenvalue weighted by Gasteiger charge is 2.28. The minimum Gasteiger partial charge on any atom is -0.444 e. The number of nitro benzene ring substituents is 1. The molecule has 1 saturated heterocycles. The first-order valence-electron chi connectivity index (χ1n) is 10.7. The zero-order valence-corrected chi connectivity index (χ0v) is 19.0. The van der Waals surface area contributed by atoms with Crippen LogP contribution in [-0.4, -0.2) is 46.7 Å². The zero-order valence-electron chi connectivity index (χ0n) is 19.0. The summed E-state index contributed by atoms with van der Waals surface area (Å²) in [4.78, 5) is 40.8. The molecule has 0 bridgehead atoms. The van der Waals surface area contributed by atoms with Crippen LogP contribution in [0.3, 0.4) is 0 Å². The molecule has 2 amide bonds. The highest BCUT2D eigenvalue weighted by atomic mass is 16.6. The van der Waals surface area contributed by atoms with Crippen molar-refractivity contribution in [2.45, 2.75) is 45.1 Å². The number of likely N-dealkylation sites (tertiary alicyclic amines) is 1. The summed E-state index contributed by atoms with van der Waals surface area (Å²) in [5, 5.41) is 11.4. The lowest BCUT2D eigenvalue weighted by molar-refractivity contribution is -0.385. The summed E-state index contributed by atoms with van der Waals surface area (Å²) >= 11 is 0. The van der Waals surface area contributed by atoms with Crippen LogP contribution in [0.1, 0.15) is 61.0 Å². The Balaban J connectivity index is 1.73. The van der Waals surface area contributed by atoms with Crippen LogP contribution in [0.5, 0.6) is 0 Å². The van der Waals surface area contributed by atoms with E-state index in [1.165, 1.54) is 24.4 Å². The Kier molecular flexibility index (Phi) is 7.10. The molecule has 0 saturated carbocycles. The topological polar surface area (TPSA) is 128 Å². The first-order chi connectivity index (χ1) is 15.5. The van der Waals surface area contributed by atoms with E-state index in [4.69, 9.17) is 10.5 Å². The summed E-state index contributed by atoms with van der Waals surface area (Å²) in [6, 6.07) is 11.9. The largest absolute Gasteiger partial charge is 0.444 e. The fraction of sp³-hybridized carbons (Fsp3) is 0.375. The molecule has 3 rings (SSSR count). The van der Waals surface area contributed by atoms with Crippen LogP contribution in [0.25, 0.3) is 0 Å². The molecule has 174 valence electrons. The molecule has 0 aromatic heterocycles. The Morgan fingerprint density at radius 1 is 1.21 bits per heavy atom. The summed E-state index contributed by atoms with van der Waals surface area (Å²) in [5.74, 6) is -0.674. The van der Waals surface area contributed by atoms with E-state index >= 15 is 0 Å². The predicted molar refractivity (Wildman–Crippen MR) is 125 cm³/mol. The van der Waals surface area contributed by atoms with Crippen molar-refractivity contribution in [3.63, 3.8) is 0 Å². The van der Waals surface area contributed by atoms with E-state index in [0.29, 0.717) is 18.8 Å². The fourth-order valence-electron chi connectivity index (χ4n) is 3.79. The van der Waals surface area contributed by atoms with Gasteiger partial charge in [0.05, 0.1) is 16.2 Å². The van der Waals surface area contributed by atoms with E-state index in [1.807, 2.05) is 45.0 Å². The number of nitro groups is 1. The Bertz CT molecular complexity index is 1070. The molecule has 0 aliphatic carbocycles. The smallest absolute Gasteiger partial charge is 0.410 e. The number of amides is 2. The van der Waals surface area contributed by atoms with Gasteiger partial charge in [0.1, 0.15) is 11.2 Å². The van der Waals surface area contributed by atoms with Crippen LogP contribution >= 0.6 is 0 Å². The average molecular weight is 453 g/mol. The second kappa shape index (κ2) is 9.81. The number of nitrogens with two attached hydrogens (primary N) is 1. The van der Waals surface area contributed by atoms with Crippen LogP contribution in [-0.2, 0) is 4.74 Å². The Labute approximate surface area is 192 Å².